The number of benzene rings is 3. The molecule has 1 aliphatic rings. The van der Waals surface area contributed by atoms with Gasteiger partial charge < -0.3 is 20.1 Å². The largest absolute Gasteiger partial charge is 0.351 e. The molecule has 212 valence electrons. The van der Waals surface area contributed by atoms with Gasteiger partial charge in [0.1, 0.15) is 0 Å². The first-order valence-corrected chi connectivity index (χ1v) is 14.8. The highest BCUT2D eigenvalue weighted by Gasteiger charge is 2.42. The number of amides is 1. The van der Waals surface area contributed by atoms with Crippen LogP contribution in [0, 0.1) is 19.8 Å². The van der Waals surface area contributed by atoms with E-state index in [1.165, 1.54) is 10.8 Å². The minimum Gasteiger partial charge on any atom is -0.351 e. The van der Waals surface area contributed by atoms with Crippen LogP contribution >= 0.6 is 23.8 Å². The highest BCUT2D eigenvalue weighted by Crippen LogP contribution is 2.45. The van der Waals surface area contributed by atoms with Gasteiger partial charge in [-0.05, 0) is 79.5 Å². The Balaban J connectivity index is 1.49. The first-order chi connectivity index (χ1) is 20.2. The lowest BCUT2D eigenvalue weighted by molar-refractivity contribution is -0.118. The number of aryl methyl sites for hydroxylation is 1. The molecule has 6 nitrogen and oxygen atoms in total. The van der Waals surface area contributed by atoms with E-state index in [2.05, 4.69) is 82.5 Å². The van der Waals surface area contributed by atoms with Crippen molar-refractivity contribution in [1.82, 2.24) is 14.9 Å². The summed E-state index contributed by atoms with van der Waals surface area (Å²) in [5.74, 6) is -0.242. The zero-order valence-corrected chi connectivity index (χ0v) is 25.5. The van der Waals surface area contributed by atoms with Gasteiger partial charge in [-0.3, -0.25) is 9.78 Å². The molecule has 0 spiro atoms. The zero-order valence-electron chi connectivity index (χ0n) is 23.9. The fourth-order valence-corrected chi connectivity index (χ4v) is 6.41. The lowest BCUT2D eigenvalue weighted by Gasteiger charge is -2.28. The van der Waals surface area contributed by atoms with E-state index in [9.17, 15) is 4.79 Å². The number of aromatic nitrogens is 2. The number of fused-ring (bicyclic) bond motifs is 1. The third kappa shape index (κ3) is 4.93. The van der Waals surface area contributed by atoms with Crippen molar-refractivity contribution in [1.29, 1.82) is 0 Å². The Bertz CT molecular complexity index is 1810. The lowest BCUT2D eigenvalue weighted by atomic mass is 9.96. The molecule has 0 bridgehead atoms. The number of nitrogens with zero attached hydrogens (tertiary/aromatic N) is 3. The average Bonchev–Trinajstić information content (AvgIpc) is 3.48. The average molecular weight is 594 g/mol. The Hall–Kier alpha value is -4.20. The molecule has 2 N–H and O–H groups in total. The Kier molecular flexibility index (Phi) is 7.47. The predicted molar refractivity (Wildman–Crippen MR) is 176 cm³/mol. The van der Waals surface area contributed by atoms with E-state index < -0.39 is 0 Å². The van der Waals surface area contributed by atoms with Crippen molar-refractivity contribution in [3.05, 3.63) is 119 Å². The van der Waals surface area contributed by atoms with Crippen LogP contribution < -0.4 is 15.5 Å². The third-order valence-corrected chi connectivity index (χ3v) is 8.53. The number of hydrogen-bond donors (Lipinski definition) is 2. The Labute approximate surface area is 256 Å². The maximum atomic E-state index is 12.3. The van der Waals surface area contributed by atoms with Crippen LogP contribution in [0.3, 0.4) is 0 Å². The minimum atomic E-state index is -0.200. The summed E-state index contributed by atoms with van der Waals surface area (Å²) in [5.41, 5.74) is 6.82. The topological polar surface area (TPSA) is 62.2 Å². The fourth-order valence-electron chi connectivity index (χ4n) is 5.84. The van der Waals surface area contributed by atoms with Crippen molar-refractivity contribution in [2.24, 2.45) is 5.92 Å². The first kappa shape index (κ1) is 27.9. The van der Waals surface area contributed by atoms with Gasteiger partial charge in [-0.15, -0.1) is 0 Å². The van der Waals surface area contributed by atoms with Crippen molar-refractivity contribution in [3.8, 4) is 5.69 Å². The summed E-state index contributed by atoms with van der Waals surface area (Å²) in [7, 11) is 0. The number of thiocarbonyl (C=S) groups is 1. The number of halogens is 1. The third-order valence-electron chi connectivity index (χ3n) is 7.91. The van der Waals surface area contributed by atoms with Gasteiger partial charge >= 0.3 is 0 Å². The molecule has 2 atom stereocenters. The van der Waals surface area contributed by atoms with E-state index in [1.807, 2.05) is 56.4 Å². The molecule has 1 saturated heterocycles. The summed E-state index contributed by atoms with van der Waals surface area (Å²) in [4.78, 5) is 19.2. The quantitative estimate of drug-likeness (QED) is 0.195. The molecule has 0 saturated carbocycles. The minimum absolute atomic E-state index is 0.0861. The SMILES string of the molecule is Cc1cc(C2C(c3ccccn3)NC(=S)N2c2ccc(NC(=O)C(C)C)c(Cl)c2)c(C)n1-c1cccc2ccccc12. The second-order valence-corrected chi connectivity index (χ2v) is 11.8. The smallest absolute Gasteiger partial charge is 0.226 e. The molecule has 0 aliphatic carbocycles. The first-order valence-electron chi connectivity index (χ1n) is 14.0. The number of nitrogens with one attached hydrogen (secondary N) is 2. The van der Waals surface area contributed by atoms with E-state index >= 15 is 0 Å². The van der Waals surface area contributed by atoms with Crippen LogP contribution in [0.15, 0.2) is 91.1 Å². The zero-order chi connectivity index (χ0) is 29.5. The molecule has 6 rings (SSSR count). The van der Waals surface area contributed by atoms with Crippen molar-refractivity contribution >= 4 is 57.0 Å². The van der Waals surface area contributed by atoms with E-state index in [0.29, 0.717) is 15.8 Å². The second kappa shape index (κ2) is 11.2. The number of anilines is 2. The van der Waals surface area contributed by atoms with E-state index in [0.717, 1.165) is 34.0 Å². The Morgan fingerprint density at radius 3 is 2.50 bits per heavy atom. The van der Waals surface area contributed by atoms with Gasteiger partial charge in [0.05, 0.1) is 34.2 Å². The van der Waals surface area contributed by atoms with E-state index in [4.69, 9.17) is 28.8 Å². The Morgan fingerprint density at radius 1 is 1.00 bits per heavy atom. The molecule has 3 heterocycles. The summed E-state index contributed by atoms with van der Waals surface area (Å²) in [5, 5.41) is 9.88. The number of hydrogen-bond acceptors (Lipinski definition) is 3. The van der Waals surface area contributed by atoms with Crippen LogP contribution in [-0.2, 0) is 4.79 Å². The van der Waals surface area contributed by atoms with Gasteiger partial charge in [-0.2, -0.15) is 0 Å². The fraction of sp³-hybridized carbons (Fsp3) is 0.206. The maximum absolute atomic E-state index is 12.3. The van der Waals surface area contributed by atoms with Crippen molar-refractivity contribution in [3.63, 3.8) is 0 Å². The molecule has 0 radical (unpaired) electrons. The van der Waals surface area contributed by atoms with Crippen LogP contribution in [0.5, 0.6) is 0 Å². The molecule has 42 heavy (non-hydrogen) atoms. The van der Waals surface area contributed by atoms with Gasteiger partial charge in [-0.1, -0.05) is 67.9 Å². The highest BCUT2D eigenvalue weighted by atomic mass is 35.5. The number of carbonyl (C=O) groups is 1. The van der Waals surface area contributed by atoms with Crippen LogP contribution in [0.4, 0.5) is 11.4 Å². The maximum Gasteiger partial charge on any atom is 0.226 e. The molecule has 2 aromatic heterocycles. The molecule has 1 amide bonds. The van der Waals surface area contributed by atoms with Gasteiger partial charge in [0.2, 0.25) is 5.91 Å². The lowest BCUT2D eigenvalue weighted by Crippen LogP contribution is -2.29. The van der Waals surface area contributed by atoms with Crippen molar-refractivity contribution < 1.29 is 4.79 Å². The van der Waals surface area contributed by atoms with Crippen LogP contribution in [0.1, 0.15) is 48.6 Å². The molecule has 1 aliphatic heterocycles. The number of pyridine rings is 1. The molecule has 1 fully saturated rings. The molecule has 2 unspecified atom stereocenters. The Morgan fingerprint density at radius 2 is 1.76 bits per heavy atom. The van der Waals surface area contributed by atoms with Crippen molar-refractivity contribution in [2.45, 2.75) is 39.8 Å². The highest BCUT2D eigenvalue weighted by molar-refractivity contribution is 7.80. The van der Waals surface area contributed by atoms with Gasteiger partial charge in [0, 0.05) is 34.6 Å². The summed E-state index contributed by atoms with van der Waals surface area (Å²) in [6.07, 6.45) is 1.81. The molecule has 5 aromatic rings. The summed E-state index contributed by atoms with van der Waals surface area (Å²) in [6, 6.07) is 28.3. The van der Waals surface area contributed by atoms with Gasteiger partial charge in [-0.25, -0.2) is 0 Å². The van der Waals surface area contributed by atoms with Crippen molar-refractivity contribution in [2.75, 3.05) is 10.2 Å². The molecular weight excluding hydrogens is 562 g/mol. The van der Waals surface area contributed by atoms with Gasteiger partial charge in [0.15, 0.2) is 5.11 Å². The van der Waals surface area contributed by atoms with E-state index in [1.54, 1.807) is 0 Å². The summed E-state index contributed by atoms with van der Waals surface area (Å²) >= 11 is 12.7. The van der Waals surface area contributed by atoms with Crippen LogP contribution in [-0.4, -0.2) is 20.6 Å². The standard InChI is InChI=1S/C34H32ClN5OS/c1-20(2)33(41)37-28-16-15-24(19-27(28)35)40-32(31(38-34(40)42)29-13-7-8-17-36-29)26-18-21(3)39(22(26)4)30-14-9-11-23-10-5-6-12-25(23)30/h5-20,31-32H,1-4H3,(H,37,41)(H,38,42). The number of carbonyl (C=O) groups excluding carboxylic acids is 1. The van der Waals surface area contributed by atoms with E-state index in [-0.39, 0.29) is 23.9 Å². The summed E-state index contributed by atoms with van der Waals surface area (Å²) in [6.45, 7) is 8.00. The molecular formula is C34H32ClN5OS. The summed E-state index contributed by atoms with van der Waals surface area (Å²) < 4.78 is 2.32. The molecule has 3 aromatic carbocycles. The molecule has 8 heteroatoms. The normalized spacial score (nSPS) is 16.7. The van der Waals surface area contributed by atoms with Crippen LogP contribution in [0.25, 0.3) is 16.5 Å². The monoisotopic (exact) mass is 593 g/mol. The second-order valence-electron chi connectivity index (χ2n) is 11.0. The van der Waals surface area contributed by atoms with Crippen LogP contribution in [0.2, 0.25) is 5.02 Å². The predicted octanol–water partition coefficient (Wildman–Crippen LogP) is 8.07. The van der Waals surface area contributed by atoms with Gasteiger partial charge in [0.25, 0.3) is 0 Å². The number of rotatable bonds is 6.